The van der Waals surface area contributed by atoms with E-state index in [1.54, 1.807) is 12.3 Å². The summed E-state index contributed by atoms with van der Waals surface area (Å²) in [6.45, 7) is 4.43. The van der Waals surface area contributed by atoms with E-state index in [0.29, 0.717) is 17.1 Å². The molecule has 1 aliphatic heterocycles. The lowest BCUT2D eigenvalue weighted by atomic mass is 10.1. The number of phenolic OH excluding ortho intramolecular Hbond substituents is 1. The number of anilines is 1. The van der Waals surface area contributed by atoms with Crippen molar-refractivity contribution in [3.8, 4) is 5.75 Å². The van der Waals surface area contributed by atoms with Crippen LogP contribution in [-0.2, 0) is 6.54 Å². The van der Waals surface area contributed by atoms with Crippen molar-refractivity contribution in [1.29, 1.82) is 0 Å². The molecule has 0 radical (unpaired) electrons. The molecule has 0 aliphatic carbocycles. The monoisotopic (exact) mass is 354 g/mol. The second-order valence-electron chi connectivity index (χ2n) is 6.22. The first-order chi connectivity index (χ1) is 12.2. The van der Waals surface area contributed by atoms with Crippen molar-refractivity contribution in [2.24, 2.45) is 0 Å². The standard InChI is InChI=1S/C19H19ClN4O/c20-18-14(12-16(25)19-15(18)4-3-7-22-19)13-23-8-10-24(11-9-23)17-5-1-2-6-21-17/h1-7,12,25H,8-11,13H2. The van der Waals surface area contributed by atoms with Crippen molar-refractivity contribution in [3.05, 3.63) is 59.4 Å². The van der Waals surface area contributed by atoms with E-state index in [-0.39, 0.29) is 5.75 Å². The second kappa shape index (κ2) is 6.86. The Bertz CT molecular complexity index is 879. The molecule has 0 bridgehead atoms. The van der Waals surface area contributed by atoms with E-state index in [0.717, 1.165) is 42.9 Å². The predicted octanol–water partition coefficient (Wildman–Crippen LogP) is 3.31. The Morgan fingerprint density at radius 3 is 2.56 bits per heavy atom. The summed E-state index contributed by atoms with van der Waals surface area (Å²) in [5, 5.41) is 11.7. The summed E-state index contributed by atoms with van der Waals surface area (Å²) in [6, 6.07) is 11.5. The van der Waals surface area contributed by atoms with E-state index in [1.165, 1.54) is 0 Å². The third-order valence-corrected chi connectivity index (χ3v) is 5.07. The molecule has 0 atom stereocenters. The Labute approximate surface area is 151 Å². The van der Waals surface area contributed by atoms with Crippen LogP contribution in [0.1, 0.15) is 5.56 Å². The van der Waals surface area contributed by atoms with Gasteiger partial charge < -0.3 is 10.0 Å². The maximum absolute atomic E-state index is 10.2. The van der Waals surface area contributed by atoms with E-state index < -0.39 is 0 Å². The molecule has 6 heteroatoms. The molecular formula is C19H19ClN4O. The van der Waals surface area contributed by atoms with Crippen molar-refractivity contribution >= 4 is 28.3 Å². The van der Waals surface area contributed by atoms with Gasteiger partial charge in [0.1, 0.15) is 17.1 Å². The lowest BCUT2D eigenvalue weighted by Crippen LogP contribution is -2.46. The molecular weight excluding hydrogens is 336 g/mol. The van der Waals surface area contributed by atoms with Crippen LogP contribution < -0.4 is 4.90 Å². The van der Waals surface area contributed by atoms with Crippen molar-refractivity contribution in [3.63, 3.8) is 0 Å². The van der Waals surface area contributed by atoms with Gasteiger partial charge in [0.2, 0.25) is 0 Å². The fraction of sp³-hybridized carbons (Fsp3) is 0.263. The Hall–Kier alpha value is -2.37. The number of pyridine rings is 2. The number of phenols is 1. The highest BCUT2D eigenvalue weighted by Crippen LogP contribution is 2.33. The van der Waals surface area contributed by atoms with Crippen LogP contribution in [0.3, 0.4) is 0 Å². The molecule has 128 valence electrons. The van der Waals surface area contributed by atoms with Crippen molar-refractivity contribution in [1.82, 2.24) is 14.9 Å². The average molecular weight is 355 g/mol. The minimum atomic E-state index is 0.183. The van der Waals surface area contributed by atoms with Gasteiger partial charge in [0.05, 0.1) is 5.02 Å². The molecule has 25 heavy (non-hydrogen) atoms. The Morgan fingerprint density at radius 2 is 1.80 bits per heavy atom. The summed E-state index contributed by atoms with van der Waals surface area (Å²) in [5.74, 6) is 1.21. The van der Waals surface area contributed by atoms with Gasteiger partial charge >= 0.3 is 0 Å². The summed E-state index contributed by atoms with van der Waals surface area (Å²) < 4.78 is 0. The first-order valence-electron chi connectivity index (χ1n) is 8.36. The van der Waals surface area contributed by atoms with Gasteiger partial charge in [-0.2, -0.15) is 0 Å². The van der Waals surface area contributed by atoms with Crippen LogP contribution in [-0.4, -0.2) is 46.2 Å². The molecule has 0 spiro atoms. The first-order valence-corrected chi connectivity index (χ1v) is 8.73. The highest BCUT2D eigenvalue weighted by atomic mass is 35.5. The van der Waals surface area contributed by atoms with Crippen LogP contribution in [0.4, 0.5) is 5.82 Å². The maximum atomic E-state index is 10.2. The van der Waals surface area contributed by atoms with Gasteiger partial charge in [0, 0.05) is 50.5 Å². The highest BCUT2D eigenvalue weighted by Gasteiger charge is 2.20. The van der Waals surface area contributed by atoms with E-state index in [4.69, 9.17) is 11.6 Å². The number of nitrogens with zero attached hydrogens (tertiary/aromatic N) is 4. The Kier molecular flexibility index (Phi) is 4.42. The number of aromatic nitrogens is 2. The van der Waals surface area contributed by atoms with Crippen LogP contribution in [0, 0.1) is 0 Å². The summed E-state index contributed by atoms with van der Waals surface area (Å²) in [5.41, 5.74) is 1.49. The smallest absolute Gasteiger partial charge is 0.142 e. The van der Waals surface area contributed by atoms with E-state index in [9.17, 15) is 5.11 Å². The lowest BCUT2D eigenvalue weighted by molar-refractivity contribution is 0.249. The zero-order valence-electron chi connectivity index (χ0n) is 13.8. The molecule has 5 nitrogen and oxygen atoms in total. The number of piperazine rings is 1. The zero-order chi connectivity index (χ0) is 17.2. The topological polar surface area (TPSA) is 52.5 Å². The van der Waals surface area contributed by atoms with E-state index in [1.807, 2.05) is 36.5 Å². The molecule has 4 rings (SSSR count). The van der Waals surface area contributed by atoms with Gasteiger partial charge in [-0.05, 0) is 35.9 Å². The van der Waals surface area contributed by atoms with Crippen molar-refractivity contribution in [2.75, 3.05) is 31.1 Å². The van der Waals surface area contributed by atoms with E-state index >= 15 is 0 Å². The fourth-order valence-electron chi connectivity index (χ4n) is 3.29. The van der Waals surface area contributed by atoms with Crippen LogP contribution in [0.15, 0.2) is 48.8 Å². The van der Waals surface area contributed by atoms with Gasteiger partial charge in [0.25, 0.3) is 0 Å². The molecule has 0 amide bonds. The zero-order valence-corrected chi connectivity index (χ0v) is 14.5. The summed E-state index contributed by atoms with van der Waals surface area (Å²) in [7, 11) is 0. The molecule has 3 heterocycles. The number of aromatic hydroxyl groups is 1. The van der Waals surface area contributed by atoms with Crippen molar-refractivity contribution in [2.45, 2.75) is 6.54 Å². The summed E-state index contributed by atoms with van der Waals surface area (Å²) in [6.07, 6.45) is 3.49. The number of halogens is 1. The normalized spacial score (nSPS) is 15.6. The lowest BCUT2D eigenvalue weighted by Gasteiger charge is -2.35. The molecule has 1 fully saturated rings. The average Bonchev–Trinajstić information content (AvgIpc) is 2.67. The highest BCUT2D eigenvalue weighted by molar-refractivity contribution is 6.36. The van der Waals surface area contributed by atoms with Gasteiger partial charge in [-0.15, -0.1) is 0 Å². The first kappa shape index (κ1) is 16.1. The third kappa shape index (κ3) is 3.25. The van der Waals surface area contributed by atoms with Gasteiger partial charge in [-0.3, -0.25) is 9.88 Å². The molecule has 0 saturated carbocycles. The molecule has 1 aliphatic rings. The second-order valence-corrected chi connectivity index (χ2v) is 6.60. The minimum absolute atomic E-state index is 0.183. The van der Waals surface area contributed by atoms with E-state index in [2.05, 4.69) is 19.8 Å². The fourth-order valence-corrected chi connectivity index (χ4v) is 3.55. The molecule has 1 saturated heterocycles. The molecule has 3 aromatic rings. The summed E-state index contributed by atoms with van der Waals surface area (Å²) >= 11 is 6.56. The predicted molar refractivity (Wildman–Crippen MR) is 100 cm³/mol. The Morgan fingerprint density at radius 1 is 1.00 bits per heavy atom. The van der Waals surface area contributed by atoms with Crippen LogP contribution >= 0.6 is 11.6 Å². The van der Waals surface area contributed by atoms with Crippen molar-refractivity contribution < 1.29 is 5.11 Å². The van der Waals surface area contributed by atoms with Gasteiger partial charge in [0.15, 0.2) is 0 Å². The largest absolute Gasteiger partial charge is 0.506 e. The molecule has 1 aromatic carbocycles. The SMILES string of the molecule is Oc1cc(CN2CCN(c3ccccn3)CC2)c(Cl)c2cccnc12. The number of fused-ring (bicyclic) bond motifs is 1. The van der Waals surface area contributed by atoms with Crippen LogP contribution in [0.25, 0.3) is 10.9 Å². The Balaban J connectivity index is 1.49. The number of rotatable bonds is 3. The van der Waals surface area contributed by atoms with Crippen LogP contribution in [0.2, 0.25) is 5.02 Å². The third-order valence-electron chi connectivity index (χ3n) is 4.62. The number of hydrogen-bond donors (Lipinski definition) is 1. The van der Waals surface area contributed by atoms with Gasteiger partial charge in [-0.25, -0.2) is 4.98 Å². The molecule has 0 unspecified atom stereocenters. The molecule has 2 aromatic heterocycles. The van der Waals surface area contributed by atoms with Gasteiger partial charge in [-0.1, -0.05) is 17.7 Å². The molecule has 1 N–H and O–H groups in total. The quantitative estimate of drug-likeness (QED) is 0.782. The number of benzene rings is 1. The maximum Gasteiger partial charge on any atom is 0.142 e. The summed E-state index contributed by atoms with van der Waals surface area (Å²) in [4.78, 5) is 13.3. The van der Waals surface area contributed by atoms with Crippen LogP contribution in [0.5, 0.6) is 5.75 Å². The minimum Gasteiger partial charge on any atom is -0.506 e. The number of hydrogen-bond acceptors (Lipinski definition) is 5.